The average Bonchev–Trinajstić information content (AvgIpc) is 2.45. The molecule has 0 aromatic rings. The largest absolute Gasteiger partial charge is 0.326 e. The predicted molar refractivity (Wildman–Crippen MR) is 86.2 cm³/mol. The van der Waals surface area contributed by atoms with Crippen molar-refractivity contribution in [3.63, 3.8) is 0 Å². The van der Waals surface area contributed by atoms with Crippen molar-refractivity contribution in [3.05, 3.63) is 0 Å². The van der Waals surface area contributed by atoms with Crippen molar-refractivity contribution in [3.8, 4) is 0 Å². The third-order valence-corrected chi connectivity index (χ3v) is 5.98. The number of nitrogens with two attached hydrogens (primary N) is 1. The molecule has 118 valence electrons. The molecule has 2 rings (SSSR count). The number of piperidine rings is 2. The molecule has 0 saturated carbocycles. The Morgan fingerprint density at radius 1 is 0.800 bits per heavy atom. The Bertz CT molecular complexity index is 278. The second-order valence-electron chi connectivity index (χ2n) is 7.90. The fourth-order valence-electron chi connectivity index (χ4n) is 4.22. The summed E-state index contributed by atoms with van der Waals surface area (Å²) >= 11 is 0. The maximum absolute atomic E-state index is 6.50. The maximum atomic E-state index is 6.50. The summed E-state index contributed by atoms with van der Waals surface area (Å²) in [6.45, 7) is 6.78. The fraction of sp³-hybridized carbons (Fsp3) is 1.00. The van der Waals surface area contributed by atoms with Gasteiger partial charge in [-0.25, -0.2) is 0 Å². The summed E-state index contributed by atoms with van der Waals surface area (Å²) in [6.07, 6.45) is 12.8. The molecule has 0 aromatic carbocycles. The van der Waals surface area contributed by atoms with E-state index in [1.54, 1.807) is 0 Å². The molecule has 0 bridgehead atoms. The second-order valence-corrected chi connectivity index (χ2v) is 7.90. The molecule has 0 radical (unpaired) electrons. The molecule has 2 saturated heterocycles. The van der Waals surface area contributed by atoms with Crippen LogP contribution in [0.3, 0.4) is 0 Å². The van der Waals surface area contributed by atoms with Crippen molar-refractivity contribution in [1.29, 1.82) is 0 Å². The molecule has 0 aliphatic carbocycles. The van der Waals surface area contributed by atoms with Gasteiger partial charge in [0.1, 0.15) is 6.17 Å². The molecule has 0 aromatic heterocycles. The van der Waals surface area contributed by atoms with Crippen molar-refractivity contribution < 1.29 is 8.97 Å². The number of unbranched alkanes of at least 4 members (excludes halogenated alkanes) is 1. The van der Waals surface area contributed by atoms with Gasteiger partial charge in [-0.1, -0.05) is 0 Å². The average molecular weight is 284 g/mol. The summed E-state index contributed by atoms with van der Waals surface area (Å²) in [6, 6.07) is 0. The van der Waals surface area contributed by atoms with Gasteiger partial charge in [-0.15, -0.1) is 0 Å². The number of hydrogen-bond acceptors (Lipinski definition) is 1. The summed E-state index contributed by atoms with van der Waals surface area (Å²) in [5, 5.41) is 0. The van der Waals surface area contributed by atoms with E-state index in [1.807, 2.05) is 0 Å². The second kappa shape index (κ2) is 7.24. The van der Waals surface area contributed by atoms with E-state index in [1.165, 1.54) is 95.0 Å². The molecule has 0 spiro atoms. The Hall–Kier alpha value is -0.120. The van der Waals surface area contributed by atoms with Gasteiger partial charge in [-0.05, 0) is 51.4 Å². The van der Waals surface area contributed by atoms with Crippen LogP contribution in [-0.2, 0) is 0 Å². The highest BCUT2D eigenvalue weighted by molar-refractivity contribution is 4.59. The van der Waals surface area contributed by atoms with Gasteiger partial charge in [-0.3, -0.25) is 5.73 Å². The maximum Gasteiger partial charge on any atom is 0.140 e. The first kappa shape index (κ1) is 16.3. The summed E-state index contributed by atoms with van der Waals surface area (Å²) in [5.41, 5.74) is 6.50. The first-order chi connectivity index (χ1) is 9.54. The molecule has 3 heteroatoms. The first-order valence-corrected chi connectivity index (χ1v) is 8.98. The minimum atomic E-state index is 0.377. The van der Waals surface area contributed by atoms with Gasteiger partial charge in [0.25, 0.3) is 0 Å². The quantitative estimate of drug-likeness (QED) is 0.589. The van der Waals surface area contributed by atoms with E-state index in [0.29, 0.717) is 6.17 Å². The standard InChI is InChI=1S/C17H37N3/c1-19(12-6-3-7-13-19)14-10-5-11-17(18)20(2)15-8-4-9-16-20/h17H,3-16,18H2,1-2H3/q+2. The Kier molecular flexibility index (Phi) is 5.88. The number of nitrogens with zero attached hydrogens (tertiary/aromatic N) is 2. The Morgan fingerprint density at radius 3 is 1.95 bits per heavy atom. The molecular formula is C17H37N3+2. The Labute approximate surface area is 126 Å². The number of hydrogen-bond donors (Lipinski definition) is 1. The molecular weight excluding hydrogens is 246 g/mol. The lowest BCUT2D eigenvalue weighted by atomic mass is 10.0. The number of quaternary nitrogens is 2. The number of likely N-dealkylation sites (tertiary alicyclic amines) is 2. The highest BCUT2D eigenvalue weighted by atomic mass is 15.4. The molecule has 2 N–H and O–H groups in total. The zero-order valence-corrected chi connectivity index (χ0v) is 13.9. The summed E-state index contributed by atoms with van der Waals surface area (Å²) in [7, 11) is 4.83. The van der Waals surface area contributed by atoms with Crippen LogP contribution in [0.15, 0.2) is 0 Å². The highest BCUT2D eigenvalue weighted by Gasteiger charge is 2.31. The minimum Gasteiger partial charge on any atom is -0.326 e. The highest BCUT2D eigenvalue weighted by Crippen LogP contribution is 2.22. The van der Waals surface area contributed by atoms with Gasteiger partial charge >= 0.3 is 0 Å². The van der Waals surface area contributed by atoms with Gasteiger partial charge < -0.3 is 8.97 Å². The summed E-state index contributed by atoms with van der Waals surface area (Å²) < 4.78 is 2.45. The van der Waals surface area contributed by atoms with Gasteiger partial charge in [0.15, 0.2) is 0 Å². The monoisotopic (exact) mass is 283 g/mol. The molecule has 0 amide bonds. The molecule has 1 unspecified atom stereocenters. The van der Waals surface area contributed by atoms with Crippen LogP contribution in [0, 0.1) is 0 Å². The lowest BCUT2D eigenvalue weighted by molar-refractivity contribution is -0.938. The molecule has 2 aliphatic rings. The van der Waals surface area contributed by atoms with E-state index in [-0.39, 0.29) is 0 Å². The fourth-order valence-corrected chi connectivity index (χ4v) is 4.22. The normalized spacial score (nSPS) is 27.1. The first-order valence-electron chi connectivity index (χ1n) is 8.98. The third-order valence-electron chi connectivity index (χ3n) is 5.98. The van der Waals surface area contributed by atoms with Crippen LogP contribution in [0.2, 0.25) is 0 Å². The Morgan fingerprint density at radius 2 is 1.35 bits per heavy atom. The SMILES string of the molecule is C[N+]1(CCCCC(N)[N+]2(C)CCCCC2)CCCCC1. The summed E-state index contributed by atoms with van der Waals surface area (Å²) in [5.74, 6) is 0. The van der Waals surface area contributed by atoms with Gasteiger partial charge in [-0.2, -0.15) is 0 Å². The van der Waals surface area contributed by atoms with Gasteiger partial charge in [0, 0.05) is 6.42 Å². The predicted octanol–water partition coefficient (Wildman–Crippen LogP) is 2.70. The van der Waals surface area contributed by atoms with E-state index < -0.39 is 0 Å². The van der Waals surface area contributed by atoms with Crippen LogP contribution in [0.1, 0.15) is 57.8 Å². The lowest BCUT2D eigenvalue weighted by Crippen LogP contribution is -2.59. The van der Waals surface area contributed by atoms with Gasteiger partial charge in [0.05, 0.1) is 46.8 Å². The van der Waals surface area contributed by atoms with Crippen LogP contribution < -0.4 is 5.73 Å². The van der Waals surface area contributed by atoms with Crippen LogP contribution in [0.5, 0.6) is 0 Å². The van der Waals surface area contributed by atoms with E-state index in [2.05, 4.69) is 14.1 Å². The molecule has 1 atom stereocenters. The summed E-state index contributed by atoms with van der Waals surface area (Å²) in [4.78, 5) is 0. The van der Waals surface area contributed by atoms with Crippen molar-refractivity contribution in [2.24, 2.45) is 5.73 Å². The van der Waals surface area contributed by atoms with Crippen LogP contribution in [-0.4, -0.2) is 62.0 Å². The van der Waals surface area contributed by atoms with E-state index >= 15 is 0 Å². The van der Waals surface area contributed by atoms with Crippen molar-refractivity contribution >= 4 is 0 Å². The van der Waals surface area contributed by atoms with E-state index in [4.69, 9.17) is 5.73 Å². The third kappa shape index (κ3) is 4.44. The van der Waals surface area contributed by atoms with Crippen LogP contribution >= 0.6 is 0 Å². The zero-order chi connectivity index (χ0) is 14.5. The van der Waals surface area contributed by atoms with Crippen LogP contribution in [0.4, 0.5) is 0 Å². The molecule has 20 heavy (non-hydrogen) atoms. The van der Waals surface area contributed by atoms with Gasteiger partial charge in [0.2, 0.25) is 0 Å². The smallest absolute Gasteiger partial charge is 0.140 e. The topological polar surface area (TPSA) is 26.0 Å². The van der Waals surface area contributed by atoms with Crippen molar-refractivity contribution in [1.82, 2.24) is 0 Å². The molecule has 2 heterocycles. The lowest BCUT2D eigenvalue weighted by Gasteiger charge is -2.42. The number of rotatable bonds is 6. The van der Waals surface area contributed by atoms with Crippen LogP contribution in [0.25, 0.3) is 0 Å². The van der Waals surface area contributed by atoms with Crippen molar-refractivity contribution in [2.75, 3.05) is 46.8 Å². The van der Waals surface area contributed by atoms with E-state index in [0.717, 1.165) is 4.48 Å². The van der Waals surface area contributed by atoms with E-state index in [9.17, 15) is 0 Å². The van der Waals surface area contributed by atoms with Crippen molar-refractivity contribution in [2.45, 2.75) is 64.0 Å². The minimum absolute atomic E-state index is 0.377. The molecule has 2 aliphatic heterocycles. The molecule has 2 fully saturated rings. The zero-order valence-electron chi connectivity index (χ0n) is 13.9. The molecule has 3 nitrogen and oxygen atoms in total. The Balaban J connectivity index is 1.64.